The number of aromatic nitrogens is 1. The van der Waals surface area contributed by atoms with Gasteiger partial charge in [0.15, 0.2) is 0 Å². The lowest BCUT2D eigenvalue weighted by atomic mass is 9.98. The van der Waals surface area contributed by atoms with E-state index >= 15 is 0 Å². The number of aryl methyl sites for hydroxylation is 1. The number of carbonyl (C=O) groups is 3. The first-order valence-corrected chi connectivity index (χ1v) is 9.97. The van der Waals surface area contributed by atoms with Gasteiger partial charge in [-0.3, -0.25) is 9.59 Å². The Bertz CT molecular complexity index is 1210. The zero-order valence-electron chi connectivity index (χ0n) is 16.6. The SMILES string of the molecule is COC(=O)c1ccc2[nH]c3c(c2c1)CN(C(=O)c1ccc2c(c1)CCC(=O)N2)CC3. The molecular formula is C23H21N3O4. The molecule has 0 saturated carbocycles. The van der Waals surface area contributed by atoms with E-state index in [1.54, 1.807) is 12.1 Å². The topological polar surface area (TPSA) is 91.5 Å². The normalized spacial score (nSPS) is 15.4. The van der Waals surface area contributed by atoms with Crippen LogP contribution in [0.25, 0.3) is 10.9 Å². The van der Waals surface area contributed by atoms with Gasteiger partial charge in [-0.2, -0.15) is 0 Å². The Balaban J connectivity index is 1.44. The van der Waals surface area contributed by atoms with E-state index in [0.29, 0.717) is 37.1 Å². The molecule has 0 radical (unpaired) electrons. The number of H-pyrrole nitrogens is 1. The van der Waals surface area contributed by atoms with Gasteiger partial charge in [-0.15, -0.1) is 0 Å². The van der Waals surface area contributed by atoms with Crippen molar-refractivity contribution in [2.24, 2.45) is 0 Å². The third-order valence-electron chi connectivity index (χ3n) is 5.93. The first kappa shape index (κ1) is 18.4. The molecule has 0 spiro atoms. The minimum Gasteiger partial charge on any atom is -0.465 e. The van der Waals surface area contributed by atoms with E-state index in [4.69, 9.17) is 4.74 Å². The molecule has 2 N–H and O–H groups in total. The molecule has 30 heavy (non-hydrogen) atoms. The Morgan fingerprint density at radius 1 is 1.03 bits per heavy atom. The molecule has 152 valence electrons. The highest BCUT2D eigenvalue weighted by molar-refractivity contribution is 5.99. The van der Waals surface area contributed by atoms with Crippen LogP contribution in [-0.2, 0) is 28.9 Å². The van der Waals surface area contributed by atoms with Gasteiger partial charge in [0.25, 0.3) is 5.91 Å². The van der Waals surface area contributed by atoms with E-state index in [1.807, 2.05) is 29.2 Å². The van der Waals surface area contributed by atoms with Crippen molar-refractivity contribution in [1.29, 1.82) is 0 Å². The first-order chi connectivity index (χ1) is 14.5. The fourth-order valence-corrected chi connectivity index (χ4v) is 4.33. The molecule has 0 fully saturated rings. The van der Waals surface area contributed by atoms with E-state index < -0.39 is 0 Å². The highest BCUT2D eigenvalue weighted by atomic mass is 16.5. The van der Waals surface area contributed by atoms with Gasteiger partial charge in [-0.25, -0.2) is 4.79 Å². The quantitative estimate of drug-likeness (QED) is 0.644. The maximum absolute atomic E-state index is 13.2. The molecule has 0 unspecified atom stereocenters. The lowest BCUT2D eigenvalue weighted by molar-refractivity contribution is -0.116. The first-order valence-electron chi connectivity index (χ1n) is 9.97. The summed E-state index contributed by atoms with van der Waals surface area (Å²) in [5, 5.41) is 3.79. The van der Waals surface area contributed by atoms with Gasteiger partial charge >= 0.3 is 5.97 Å². The standard InChI is InChI=1S/C23H21N3O4/c1-30-23(29)15-3-6-19-16(11-15)17-12-26(9-8-20(17)24-19)22(28)14-2-5-18-13(10-14)4-7-21(27)25-18/h2-3,5-6,10-11,24H,4,7-9,12H2,1H3,(H,25,27). The second kappa shape index (κ2) is 7.02. The Morgan fingerprint density at radius 3 is 2.70 bits per heavy atom. The van der Waals surface area contributed by atoms with Gasteiger partial charge in [0.05, 0.1) is 12.7 Å². The third kappa shape index (κ3) is 3.03. The minimum atomic E-state index is -0.378. The number of fused-ring (bicyclic) bond motifs is 4. The molecule has 2 aromatic carbocycles. The Labute approximate surface area is 173 Å². The zero-order chi connectivity index (χ0) is 20.8. The molecular weight excluding hydrogens is 382 g/mol. The van der Waals surface area contributed by atoms with Crippen molar-refractivity contribution in [3.63, 3.8) is 0 Å². The number of amides is 2. The lowest BCUT2D eigenvalue weighted by Crippen LogP contribution is -2.36. The van der Waals surface area contributed by atoms with E-state index in [-0.39, 0.29) is 17.8 Å². The smallest absolute Gasteiger partial charge is 0.337 e. The highest BCUT2D eigenvalue weighted by Crippen LogP contribution is 2.30. The summed E-state index contributed by atoms with van der Waals surface area (Å²) in [4.78, 5) is 41.9. The molecule has 0 aliphatic carbocycles. The summed E-state index contributed by atoms with van der Waals surface area (Å²) in [6.45, 7) is 1.10. The number of ether oxygens (including phenoxy) is 1. The largest absolute Gasteiger partial charge is 0.465 e. The second-order valence-electron chi connectivity index (χ2n) is 7.73. The fraction of sp³-hybridized carbons (Fsp3) is 0.261. The van der Waals surface area contributed by atoms with E-state index in [0.717, 1.165) is 39.8 Å². The summed E-state index contributed by atoms with van der Waals surface area (Å²) in [5.41, 5.74) is 6.00. The molecule has 3 heterocycles. The zero-order valence-corrected chi connectivity index (χ0v) is 16.6. The summed E-state index contributed by atoms with van der Waals surface area (Å²) in [6.07, 6.45) is 1.81. The van der Waals surface area contributed by atoms with Crippen LogP contribution in [0.1, 0.15) is 44.0 Å². The average molecular weight is 403 g/mol. The van der Waals surface area contributed by atoms with Gasteiger partial charge in [-0.05, 0) is 48.4 Å². The molecule has 0 bridgehead atoms. The Morgan fingerprint density at radius 2 is 1.87 bits per heavy atom. The predicted molar refractivity (Wildman–Crippen MR) is 111 cm³/mol. The summed E-state index contributed by atoms with van der Waals surface area (Å²) in [6, 6.07) is 10.9. The van der Waals surface area contributed by atoms with Crippen molar-refractivity contribution in [3.05, 3.63) is 64.3 Å². The number of anilines is 1. The minimum absolute atomic E-state index is 0.01000. The van der Waals surface area contributed by atoms with Crippen LogP contribution in [-0.4, -0.2) is 41.3 Å². The summed E-state index contributed by atoms with van der Waals surface area (Å²) >= 11 is 0. The molecule has 0 saturated heterocycles. The summed E-state index contributed by atoms with van der Waals surface area (Å²) in [5.74, 6) is -0.397. The van der Waals surface area contributed by atoms with Crippen molar-refractivity contribution in [2.75, 3.05) is 19.0 Å². The molecule has 0 atom stereocenters. The Kier molecular flexibility index (Phi) is 4.31. The van der Waals surface area contributed by atoms with Crippen LogP contribution in [0.3, 0.4) is 0 Å². The molecule has 2 aliphatic rings. The number of aromatic amines is 1. The van der Waals surface area contributed by atoms with Gasteiger partial charge in [0.1, 0.15) is 0 Å². The number of nitrogens with zero attached hydrogens (tertiary/aromatic N) is 1. The van der Waals surface area contributed by atoms with E-state index in [1.165, 1.54) is 7.11 Å². The number of hydrogen-bond donors (Lipinski definition) is 2. The number of rotatable bonds is 2. The molecule has 7 nitrogen and oxygen atoms in total. The third-order valence-corrected chi connectivity index (χ3v) is 5.93. The number of methoxy groups -OCH3 is 1. The maximum Gasteiger partial charge on any atom is 0.337 e. The van der Waals surface area contributed by atoms with Crippen LogP contribution < -0.4 is 5.32 Å². The molecule has 7 heteroatoms. The van der Waals surface area contributed by atoms with E-state index in [9.17, 15) is 14.4 Å². The Hall–Kier alpha value is -3.61. The highest BCUT2D eigenvalue weighted by Gasteiger charge is 2.26. The van der Waals surface area contributed by atoms with Crippen molar-refractivity contribution in [2.45, 2.75) is 25.8 Å². The van der Waals surface area contributed by atoms with Crippen LogP contribution in [0.4, 0.5) is 5.69 Å². The van der Waals surface area contributed by atoms with Crippen molar-refractivity contribution in [1.82, 2.24) is 9.88 Å². The predicted octanol–water partition coefficient (Wildman–Crippen LogP) is 3.04. The van der Waals surface area contributed by atoms with Gasteiger partial charge in [0.2, 0.25) is 5.91 Å². The number of hydrogen-bond acceptors (Lipinski definition) is 4. The molecule has 3 aromatic rings. The van der Waals surface area contributed by atoms with Gasteiger partial charge < -0.3 is 19.9 Å². The van der Waals surface area contributed by atoms with Crippen LogP contribution in [0.5, 0.6) is 0 Å². The maximum atomic E-state index is 13.2. The number of benzene rings is 2. The number of nitrogens with one attached hydrogen (secondary N) is 2. The van der Waals surface area contributed by atoms with Crippen molar-refractivity contribution in [3.8, 4) is 0 Å². The molecule has 2 aliphatic heterocycles. The molecule has 5 rings (SSSR count). The van der Waals surface area contributed by atoms with Crippen molar-refractivity contribution >= 4 is 34.4 Å². The molecule has 2 amide bonds. The van der Waals surface area contributed by atoms with E-state index in [2.05, 4.69) is 10.3 Å². The van der Waals surface area contributed by atoms with Gasteiger partial charge in [-0.1, -0.05) is 0 Å². The van der Waals surface area contributed by atoms with Crippen molar-refractivity contribution < 1.29 is 19.1 Å². The van der Waals surface area contributed by atoms with Gasteiger partial charge in [0, 0.05) is 59.3 Å². The second-order valence-corrected chi connectivity index (χ2v) is 7.73. The monoisotopic (exact) mass is 403 g/mol. The number of esters is 1. The fourth-order valence-electron chi connectivity index (χ4n) is 4.33. The van der Waals surface area contributed by atoms with Crippen LogP contribution in [0.2, 0.25) is 0 Å². The molecule has 1 aromatic heterocycles. The van der Waals surface area contributed by atoms with Crippen LogP contribution >= 0.6 is 0 Å². The number of carbonyl (C=O) groups excluding carboxylic acids is 3. The lowest BCUT2D eigenvalue weighted by Gasteiger charge is -2.28. The van der Waals surface area contributed by atoms with Crippen LogP contribution in [0, 0.1) is 0 Å². The average Bonchev–Trinajstić information content (AvgIpc) is 3.14. The summed E-state index contributed by atoms with van der Waals surface area (Å²) in [7, 11) is 1.36. The summed E-state index contributed by atoms with van der Waals surface area (Å²) < 4.78 is 4.84. The van der Waals surface area contributed by atoms with Crippen LogP contribution in [0.15, 0.2) is 36.4 Å².